The number of hydrogen-bond acceptors (Lipinski definition) is 20. The van der Waals surface area contributed by atoms with Crippen LogP contribution >= 0.6 is 0 Å². The van der Waals surface area contributed by atoms with Gasteiger partial charge in [-0.15, -0.1) is 0 Å². The highest BCUT2D eigenvalue weighted by Crippen LogP contribution is 2.41. The molecule has 12 atom stereocenters. The smallest absolute Gasteiger partial charge is 0.351 e. The zero-order valence-electron chi connectivity index (χ0n) is 33.1. The maximum atomic E-state index is 13.0. The van der Waals surface area contributed by atoms with E-state index in [1.165, 1.54) is 49.7 Å². The van der Waals surface area contributed by atoms with Gasteiger partial charge in [-0.2, -0.15) is 4.58 Å². The van der Waals surface area contributed by atoms with Crippen LogP contribution in [0.2, 0.25) is 0 Å². The molecule has 12 unspecified atom stereocenters. The molecule has 2 fully saturated rings. The largest absolute Gasteiger partial charge is 0.543 e. The van der Waals surface area contributed by atoms with Crippen molar-refractivity contribution in [2.45, 2.75) is 86.3 Å². The quantitative estimate of drug-likeness (QED) is 0.0492. The molecular formula is C40H42N2O22. The van der Waals surface area contributed by atoms with Crippen molar-refractivity contribution in [2.24, 2.45) is 0 Å². The van der Waals surface area contributed by atoms with E-state index in [4.69, 9.17) is 28.4 Å². The number of phenolic OH excluding ortho intramolecular Hbond substituents is 2. The lowest BCUT2D eigenvalue weighted by molar-refractivity contribution is -0.475. The fraction of sp³-hybridized carbons (Fsp3) is 0.400. The highest BCUT2D eigenvalue weighted by Gasteiger charge is 2.54. The Kier molecular flexibility index (Phi) is 14.2. The Hall–Kier alpha value is -6.64. The number of aliphatic hydroxyl groups is 5. The summed E-state index contributed by atoms with van der Waals surface area (Å²) in [6.45, 7) is -0.924. The summed E-state index contributed by atoms with van der Waals surface area (Å²) in [6.07, 6.45) is -15.2. The molecular weight excluding hydrogens is 860 g/mol. The molecule has 2 aromatic carbocycles. The number of ether oxygens (including phenoxy) is 6. The molecule has 24 nitrogen and oxygen atoms in total. The van der Waals surface area contributed by atoms with E-state index in [1.54, 1.807) is 0 Å². The maximum absolute atomic E-state index is 13.0. The van der Waals surface area contributed by atoms with Crippen LogP contribution in [-0.4, -0.2) is 179 Å². The molecule has 4 aliphatic heterocycles. The van der Waals surface area contributed by atoms with Crippen LogP contribution in [0, 0.1) is 0 Å². The number of carbonyl (C=O) groups is 5. The van der Waals surface area contributed by atoms with Crippen LogP contribution in [0.25, 0.3) is 6.08 Å². The van der Waals surface area contributed by atoms with Crippen LogP contribution in [0.1, 0.15) is 17.5 Å². The molecule has 0 saturated carbocycles. The number of aromatic hydroxyl groups is 2. The molecule has 0 radical (unpaired) electrons. The highest BCUT2D eigenvalue weighted by atomic mass is 16.8. The zero-order valence-corrected chi connectivity index (χ0v) is 33.1. The first-order valence-corrected chi connectivity index (χ1v) is 19.1. The summed E-state index contributed by atoms with van der Waals surface area (Å²) in [6, 6.07) is 3.53. The SMILES string of the molecule is COc1cc(C=CC(=O)OC2C(OC3C(Oc4cc5c(cc4O)[N+](=CC=C4C=C(C(=O)O)NC(C(=O)O)C4)C(C(=O)[O-])C5)OC(CO)C(O)C3O)OC(C(=O)O)C(O)C2O)ccc1O. The molecule has 0 spiro atoms. The molecule has 4 heterocycles. The average molecular weight is 903 g/mol. The van der Waals surface area contributed by atoms with Gasteiger partial charge in [0, 0.05) is 30.6 Å². The molecule has 0 bridgehead atoms. The number of esters is 1. The van der Waals surface area contributed by atoms with E-state index >= 15 is 0 Å². The number of carboxylic acids is 4. The van der Waals surface area contributed by atoms with Crippen LogP contribution in [0.4, 0.5) is 5.69 Å². The summed E-state index contributed by atoms with van der Waals surface area (Å²) in [4.78, 5) is 60.6. The van der Waals surface area contributed by atoms with Gasteiger partial charge in [-0.1, -0.05) is 6.07 Å². The lowest BCUT2D eigenvalue weighted by atomic mass is 9.97. The van der Waals surface area contributed by atoms with Gasteiger partial charge >= 0.3 is 23.9 Å². The van der Waals surface area contributed by atoms with Gasteiger partial charge < -0.3 is 94.7 Å². The standard InChI is InChI=1S/C40H42N2O22/c1-59-24-10-15(2-4-22(24)44)3-5-27(46)62-33-31(50)30(49)32(38(57)58)63-40(33)64-34-29(48)28(47)26(14-43)61-39(34)60-25-12-17-11-21(37(55)56)42(20(17)13-23(25)45)7-6-16-8-18(35(51)52)41-19(9-16)36(53)54/h2-8,10,12-13,19,21,26,28-34,39-40,43,47-50H,9,11,14H2,1H3,(H6,44,45,46,51,52,53,54,55,56,57,58). The van der Waals surface area contributed by atoms with Crippen molar-refractivity contribution >= 4 is 47.8 Å². The van der Waals surface area contributed by atoms with Crippen molar-refractivity contribution < 1.29 is 113 Å². The van der Waals surface area contributed by atoms with Crippen LogP contribution < -0.4 is 19.9 Å². The molecule has 11 N–H and O–H groups in total. The van der Waals surface area contributed by atoms with E-state index in [9.17, 15) is 80.1 Å². The van der Waals surface area contributed by atoms with Gasteiger partial charge in [-0.3, -0.25) is 0 Å². The van der Waals surface area contributed by atoms with Crippen molar-refractivity contribution in [3.8, 4) is 23.0 Å². The summed E-state index contributed by atoms with van der Waals surface area (Å²) < 4.78 is 34.3. The first kappa shape index (κ1) is 46.9. The second-order valence-electron chi connectivity index (χ2n) is 14.7. The molecule has 64 heavy (non-hydrogen) atoms. The lowest BCUT2D eigenvalue weighted by Gasteiger charge is -2.46. The van der Waals surface area contributed by atoms with E-state index in [0.717, 1.165) is 22.8 Å². The van der Waals surface area contributed by atoms with Gasteiger partial charge in [-0.25, -0.2) is 19.2 Å². The molecule has 0 amide bonds. The van der Waals surface area contributed by atoms with E-state index in [-0.39, 0.29) is 41.2 Å². The third-order valence-corrected chi connectivity index (χ3v) is 10.6. The van der Waals surface area contributed by atoms with Gasteiger partial charge in [-0.05, 0) is 41.5 Å². The Labute approximate surface area is 359 Å². The van der Waals surface area contributed by atoms with Gasteiger partial charge in [0.1, 0.15) is 48.2 Å². The number of nitrogens with one attached hydrogen (secondary N) is 1. The van der Waals surface area contributed by atoms with Gasteiger partial charge in [0.15, 0.2) is 53.8 Å². The highest BCUT2D eigenvalue weighted by molar-refractivity contribution is 5.90. The van der Waals surface area contributed by atoms with E-state index < -0.39 is 127 Å². The van der Waals surface area contributed by atoms with Crippen molar-refractivity contribution in [1.29, 1.82) is 0 Å². The molecule has 2 aromatic rings. The average Bonchev–Trinajstić information content (AvgIpc) is 3.61. The Morgan fingerprint density at radius 1 is 0.875 bits per heavy atom. The Morgan fingerprint density at radius 2 is 1.59 bits per heavy atom. The number of methoxy groups -OCH3 is 1. The number of nitrogens with zero attached hydrogens (tertiary/aromatic N) is 1. The number of fused-ring (bicyclic) bond motifs is 1. The summed E-state index contributed by atoms with van der Waals surface area (Å²) in [7, 11) is 1.29. The van der Waals surface area contributed by atoms with Crippen LogP contribution in [0.5, 0.6) is 23.0 Å². The van der Waals surface area contributed by atoms with Crippen LogP contribution in [0.15, 0.2) is 59.8 Å². The number of rotatable bonds is 14. The molecule has 4 aliphatic rings. The second-order valence-corrected chi connectivity index (χ2v) is 14.7. The Morgan fingerprint density at radius 3 is 2.23 bits per heavy atom. The first-order valence-electron chi connectivity index (χ1n) is 19.1. The van der Waals surface area contributed by atoms with Gasteiger partial charge in [0.25, 0.3) is 0 Å². The minimum atomic E-state index is -2.22. The van der Waals surface area contributed by atoms with Crippen molar-refractivity contribution in [3.63, 3.8) is 0 Å². The fourth-order valence-corrected chi connectivity index (χ4v) is 7.27. The minimum Gasteiger partial charge on any atom is -0.543 e. The molecule has 6 rings (SSSR count). The summed E-state index contributed by atoms with van der Waals surface area (Å²) in [5, 5.41) is 118. The van der Waals surface area contributed by atoms with Gasteiger partial charge in [0.2, 0.25) is 18.0 Å². The van der Waals surface area contributed by atoms with E-state index in [2.05, 4.69) is 5.32 Å². The van der Waals surface area contributed by atoms with Crippen molar-refractivity contribution in [2.75, 3.05) is 13.7 Å². The summed E-state index contributed by atoms with van der Waals surface area (Å²) in [5.41, 5.74) is 0.374. The number of hydrogen-bond donors (Lipinski definition) is 11. The fourth-order valence-electron chi connectivity index (χ4n) is 7.27. The van der Waals surface area contributed by atoms with E-state index in [0.29, 0.717) is 5.56 Å². The normalized spacial score (nSPS) is 31.4. The molecule has 2 saturated heterocycles. The second kappa shape index (κ2) is 19.4. The van der Waals surface area contributed by atoms with E-state index in [1.807, 2.05) is 0 Å². The third kappa shape index (κ3) is 9.93. The number of phenols is 2. The number of carboxylic acid groups (broad SMARTS) is 4. The number of aliphatic hydroxyl groups excluding tert-OH is 5. The number of allylic oxidation sites excluding steroid dienone is 2. The monoisotopic (exact) mass is 902 g/mol. The number of benzene rings is 2. The zero-order chi connectivity index (χ0) is 46.7. The Bertz CT molecular complexity index is 2290. The number of carbonyl (C=O) groups excluding carboxylic acids is 2. The third-order valence-electron chi connectivity index (χ3n) is 10.6. The molecule has 24 heteroatoms. The predicted octanol–water partition coefficient (Wildman–Crippen LogP) is -3.80. The first-order chi connectivity index (χ1) is 30.3. The topological polar surface area (TPSA) is 381 Å². The maximum Gasteiger partial charge on any atom is 0.351 e. The molecule has 344 valence electrons. The van der Waals surface area contributed by atoms with Crippen LogP contribution in [0.3, 0.4) is 0 Å². The van der Waals surface area contributed by atoms with Gasteiger partial charge in [0.05, 0.1) is 19.8 Å². The molecule has 0 aliphatic carbocycles. The number of aliphatic carboxylic acids is 4. The molecule has 0 aromatic heterocycles. The summed E-state index contributed by atoms with van der Waals surface area (Å²) in [5.74, 6) is -8.68. The lowest BCUT2D eigenvalue weighted by Crippen LogP contribution is -2.66. The Balaban J connectivity index is 1.30. The van der Waals surface area contributed by atoms with Crippen LogP contribution in [-0.2, 0) is 49.3 Å². The van der Waals surface area contributed by atoms with Crippen molar-refractivity contribution in [1.82, 2.24) is 5.32 Å². The predicted molar refractivity (Wildman–Crippen MR) is 205 cm³/mol. The van der Waals surface area contributed by atoms with Crippen molar-refractivity contribution in [3.05, 3.63) is 71.0 Å². The minimum absolute atomic E-state index is 0.0605. The summed E-state index contributed by atoms with van der Waals surface area (Å²) >= 11 is 0.